The van der Waals surface area contributed by atoms with Gasteiger partial charge in [-0.2, -0.15) is 26.3 Å². The van der Waals surface area contributed by atoms with Gasteiger partial charge in [0.2, 0.25) is 0 Å². The summed E-state index contributed by atoms with van der Waals surface area (Å²) in [5, 5.41) is 3.80. The van der Waals surface area contributed by atoms with Crippen molar-refractivity contribution >= 4 is 17.5 Å². The lowest BCUT2D eigenvalue weighted by atomic mass is 10.1. The Hall–Kier alpha value is -2.26. The van der Waals surface area contributed by atoms with E-state index in [9.17, 15) is 35.9 Å². The molecule has 0 bridgehead atoms. The van der Waals surface area contributed by atoms with Crippen molar-refractivity contribution in [3.8, 4) is 0 Å². The van der Waals surface area contributed by atoms with Crippen molar-refractivity contribution in [1.29, 1.82) is 0 Å². The Balaban J connectivity index is 3.08. The molecular formula is C12H10F6N2O2. The summed E-state index contributed by atoms with van der Waals surface area (Å²) in [6.07, 6.45) is -10.0. The summed E-state index contributed by atoms with van der Waals surface area (Å²) in [5.41, 5.74) is -3.79. The monoisotopic (exact) mass is 328 g/mol. The Labute approximate surface area is 120 Å². The quantitative estimate of drug-likeness (QED) is 0.835. The van der Waals surface area contributed by atoms with Crippen molar-refractivity contribution < 1.29 is 35.9 Å². The van der Waals surface area contributed by atoms with Gasteiger partial charge in [-0.25, -0.2) is 4.79 Å². The summed E-state index contributed by atoms with van der Waals surface area (Å²) < 4.78 is 75.5. The zero-order chi connectivity index (χ0) is 17.1. The van der Waals surface area contributed by atoms with Gasteiger partial charge in [-0.3, -0.25) is 4.79 Å². The lowest BCUT2D eigenvalue weighted by molar-refractivity contribution is -0.143. The summed E-state index contributed by atoms with van der Waals surface area (Å²) in [4.78, 5) is 21.9. The first-order valence-corrected chi connectivity index (χ1v) is 5.73. The van der Waals surface area contributed by atoms with Gasteiger partial charge in [0, 0.05) is 5.69 Å². The molecule has 22 heavy (non-hydrogen) atoms. The first-order valence-electron chi connectivity index (χ1n) is 5.73. The van der Waals surface area contributed by atoms with E-state index in [0.717, 1.165) is 6.92 Å². The van der Waals surface area contributed by atoms with Crippen LogP contribution < -0.4 is 10.6 Å². The maximum absolute atomic E-state index is 12.6. The Morgan fingerprint density at radius 3 is 1.77 bits per heavy atom. The second kappa shape index (κ2) is 6.24. The van der Waals surface area contributed by atoms with Gasteiger partial charge in [0.25, 0.3) is 0 Å². The lowest BCUT2D eigenvalue weighted by Crippen LogP contribution is -2.32. The Bertz CT molecular complexity index is 548. The number of Topliss-reactive ketones (excluding diaryl/α,β-unsaturated/α-hetero) is 1. The number of ketones is 1. The molecule has 0 fully saturated rings. The minimum absolute atomic E-state index is 0.0569. The van der Waals surface area contributed by atoms with Crippen molar-refractivity contribution in [3.63, 3.8) is 0 Å². The second-order valence-electron chi connectivity index (χ2n) is 4.30. The molecule has 0 atom stereocenters. The van der Waals surface area contributed by atoms with Gasteiger partial charge in [-0.15, -0.1) is 0 Å². The van der Waals surface area contributed by atoms with Gasteiger partial charge < -0.3 is 10.6 Å². The van der Waals surface area contributed by atoms with Crippen molar-refractivity contribution in [3.05, 3.63) is 29.3 Å². The largest absolute Gasteiger partial charge is 0.416 e. The molecule has 1 aromatic carbocycles. The predicted octanol–water partition coefficient (Wildman–Crippen LogP) is 3.43. The third-order valence-corrected chi connectivity index (χ3v) is 2.34. The molecular weight excluding hydrogens is 318 g/mol. The maximum Gasteiger partial charge on any atom is 0.416 e. The van der Waals surface area contributed by atoms with E-state index in [1.54, 1.807) is 0 Å². The highest BCUT2D eigenvalue weighted by Crippen LogP contribution is 2.37. The minimum atomic E-state index is -5.01. The highest BCUT2D eigenvalue weighted by Gasteiger charge is 2.37. The van der Waals surface area contributed by atoms with E-state index in [4.69, 9.17) is 0 Å². The average Bonchev–Trinajstić information content (AvgIpc) is 2.34. The predicted molar refractivity (Wildman–Crippen MR) is 64.1 cm³/mol. The SMILES string of the molecule is CC(=O)CNC(=O)Nc1cc(C(F)(F)F)cc(C(F)(F)F)c1. The van der Waals surface area contributed by atoms with Crippen molar-refractivity contribution in [1.82, 2.24) is 5.32 Å². The highest BCUT2D eigenvalue weighted by molar-refractivity contribution is 5.92. The normalized spacial score (nSPS) is 12.0. The molecule has 0 unspecified atom stereocenters. The Morgan fingerprint density at radius 1 is 0.955 bits per heavy atom. The smallest absolute Gasteiger partial charge is 0.331 e. The number of amides is 2. The van der Waals surface area contributed by atoms with Gasteiger partial charge in [0.15, 0.2) is 0 Å². The van der Waals surface area contributed by atoms with Gasteiger partial charge in [-0.05, 0) is 25.1 Å². The molecule has 0 aliphatic rings. The number of halogens is 6. The lowest BCUT2D eigenvalue weighted by Gasteiger charge is -2.14. The standard InChI is InChI=1S/C12H10F6N2O2/c1-6(21)5-19-10(22)20-9-3-7(11(13,14)15)2-8(4-9)12(16,17)18/h2-4H,5H2,1H3,(H2,19,20,22). The second-order valence-corrected chi connectivity index (χ2v) is 4.30. The third kappa shape index (κ3) is 5.26. The number of anilines is 1. The summed E-state index contributed by atoms with van der Waals surface area (Å²) in [5.74, 6) is -0.435. The Morgan fingerprint density at radius 2 is 1.41 bits per heavy atom. The highest BCUT2D eigenvalue weighted by atomic mass is 19.4. The van der Waals surface area contributed by atoms with Crippen molar-refractivity contribution in [2.75, 3.05) is 11.9 Å². The summed E-state index contributed by atoms with van der Waals surface area (Å²) in [6, 6.07) is -0.424. The van der Waals surface area contributed by atoms with Gasteiger partial charge in [0.05, 0.1) is 17.7 Å². The number of carbonyl (C=O) groups is 2. The molecule has 122 valence electrons. The van der Waals surface area contributed by atoms with E-state index in [1.165, 1.54) is 0 Å². The van der Waals surface area contributed by atoms with Crippen LogP contribution in [0.4, 0.5) is 36.8 Å². The molecule has 10 heteroatoms. The van der Waals surface area contributed by atoms with E-state index in [-0.39, 0.29) is 6.07 Å². The van der Waals surface area contributed by atoms with Crippen LogP contribution in [-0.4, -0.2) is 18.4 Å². The number of benzene rings is 1. The van der Waals surface area contributed by atoms with E-state index < -0.39 is 47.5 Å². The van der Waals surface area contributed by atoms with Crippen LogP contribution in [0.5, 0.6) is 0 Å². The molecule has 1 rings (SSSR count). The number of nitrogens with one attached hydrogen (secondary N) is 2. The number of hydrogen-bond acceptors (Lipinski definition) is 2. The zero-order valence-electron chi connectivity index (χ0n) is 11.0. The summed E-state index contributed by atoms with van der Waals surface area (Å²) in [6.45, 7) is 0.739. The van der Waals surface area contributed by atoms with Gasteiger partial charge in [0.1, 0.15) is 5.78 Å². The third-order valence-electron chi connectivity index (χ3n) is 2.34. The van der Waals surface area contributed by atoms with E-state index in [2.05, 4.69) is 0 Å². The maximum atomic E-state index is 12.6. The molecule has 0 radical (unpaired) electrons. The van der Waals surface area contributed by atoms with Crippen LogP contribution in [0.1, 0.15) is 18.1 Å². The molecule has 0 saturated heterocycles. The topological polar surface area (TPSA) is 58.2 Å². The van der Waals surface area contributed by atoms with Crippen LogP contribution >= 0.6 is 0 Å². The van der Waals surface area contributed by atoms with Crippen LogP contribution in [-0.2, 0) is 17.1 Å². The number of urea groups is 1. The fraction of sp³-hybridized carbons (Fsp3) is 0.333. The van der Waals surface area contributed by atoms with Crippen molar-refractivity contribution in [2.45, 2.75) is 19.3 Å². The fourth-order valence-corrected chi connectivity index (χ4v) is 1.41. The van der Waals surface area contributed by atoms with Gasteiger partial charge >= 0.3 is 18.4 Å². The molecule has 0 heterocycles. The summed E-state index contributed by atoms with van der Waals surface area (Å²) in [7, 11) is 0. The van der Waals surface area contributed by atoms with Crippen LogP contribution in [0.3, 0.4) is 0 Å². The van der Waals surface area contributed by atoms with E-state index in [1.807, 2.05) is 10.6 Å². The fourth-order valence-electron chi connectivity index (χ4n) is 1.41. The number of hydrogen-bond donors (Lipinski definition) is 2. The zero-order valence-corrected chi connectivity index (χ0v) is 11.0. The first-order chi connectivity index (χ1) is 9.89. The molecule has 4 nitrogen and oxygen atoms in total. The van der Waals surface area contributed by atoms with Gasteiger partial charge in [-0.1, -0.05) is 0 Å². The van der Waals surface area contributed by atoms with E-state index >= 15 is 0 Å². The molecule has 0 aliphatic carbocycles. The van der Waals surface area contributed by atoms with Crippen LogP contribution in [0, 0.1) is 0 Å². The molecule has 1 aromatic rings. The molecule has 2 amide bonds. The number of carbonyl (C=O) groups excluding carboxylic acids is 2. The van der Waals surface area contributed by atoms with E-state index in [0.29, 0.717) is 12.1 Å². The minimum Gasteiger partial charge on any atom is -0.331 e. The molecule has 2 N–H and O–H groups in total. The molecule has 0 saturated carbocycles. The van der Waals surface area contributed by atoms with Crippen molar-refractivity contribution in [2.24, 2.45) is 0 Å². The number of rotatable bonds is 3. The Kier molecular flexibility index (Phi) is 5.05. The molecule has 0 aliphatic heterocycles. The first kappa shape index (κ1) is 17.8. The van der Waals surface area contributed by atoms with Crippen LogP contribution in [0.15, 0.2) is 18.2 Å². The molecule has 0 spiro atoms. The number of alkyl halides is 6. The van der Waals surface area contributed by atoms with Crippen LogP contribution in [0.2, 0.25) is 0 Å². The summed E-state index contributed by atoms with van der Waals surface area (Å²) >= 11 is 0. The average molecular weight is 328 g/mol. The van der Waals surface area contributed by atoms with Crippen LogP contribution in [0.25, 0.3) is 0 Å². The molecule has 0 aromatic heterocycles.